The number of hydrogen-bond acceptors (Lipinski definition) is 4. The Kier molecular flexibility index (Phi) is 4.47. The minimum Gasteiger partial charge on any atom is -0.456 e. The summed E-state index contributed by atoms with van der Waals surface area (Å²) in [6, 6.07) is 4.14. The predicted octanol–water partition coefficient (Wildman–Crippen LogP) is 2.94. The fourth-order valence-electron chi connectivity index (χ4n) is 1.89. The first-order valence-corrected chi connectivity index (χ1v) is 6.75. The number of nitrogens with zero attached hydrogens (tertiary/aromatic N) is 2. The normalized spacial score (nSPS) is 10.7. The van der Waals surface area contributed by atoms with Gasteiger partial charge in [-0.05, 0) is 31.5 Å². The van der Waals surface area contributed by atoms with E-state index in [0.29, 0.717) is 23.5 Å². The highest BCUT2D eigenvalue weighted by molar-refractivity contribution is 6.30. The number of benzene rings is 1. The molecule has 1 heterocycles. The number of carbonyl (C=O) groups is 1. The second kappa shape index (κ2) is 6.13. The Morgan fingerprint density at radius 3 is 2.86 bits per heavy atom. The summed E-state index contributed by atoms with van der Waals surface area (Å²) in [4.78, 5) is 12.1. The molecule has 0 saturated carbocycles. The van der Waals surface area contributed by atoms with Crippen LogP contribution in [0.5, 0.6) is 0 Å². The molecule has 2 N–H and O–H groups in total. The number of hydrogen-bond donors (Lipinski definition) is 1. The Hall–Kier alpha value is -2.08. The minimum absolute atomic E-state index is 0.0162. The molecule has 0 aliphatic carbocycles. The van der Waals surface area contributed by atoms with Crippen LogP contribution in [0.15, 0.2) is 18.2 Å². The van der Waals surface area contributed by atoms with E-state index in [4.69, 9.17) is 22.1 Å². The van der Waals surface area contributed by atoms with E-state index in [-0.39, 0.29) is 17.3 Å². The van der Waals surface area contributed by atoms with Gasteiger partial charge in [-0.25, -0.2) is 9.18 Å². The third-order valence-electron chi connectivity index (χ3n) is 3.02. The lowest BCUT2D eigenvalue weighted by atomic mass is 10.2. The number of aromatic nitrogens is 2. The average Bonchev–Trinajstić information content (AvgIpc) is 2.75. The molecule has 0 saturated heterocycles. The van der Waals surface area contributed by atoms with Crippen LogP contribution in [-0.4, -0.2) is 15.7 Å². The number of anilines is 1. The van der Waals surface area contributed by atoms with Crippen LogP contribution in [0.2, 0.25) is 5.02 Å². The highest BCUT2D eigenvalue weighted by Gasteiger charge is 2.20. The lowest BCUT2D eigenvalue weighted by Crippen LogP contribution is -2.14. The van der Waals surface area contributed by atoms with Crippen molar-refractivity contribution in [3.8, 4) is 0 Å². The highest BCUT2D eigenvalue weighted by Crippen LogP contribution is 2.20. The molecule has 2 aromatic rings. The first kappa shape index (κ1) is 15.3. The maximum Gasteiger partial charge on any atom is 0.359 e. The van der Waals surface area contributed by atoms with E-state index in [2.05, 4.69) is 5.10 Å². The Balaban J connectivity index is 2.13. The molecule has 5 nitrogen and oxygen atoms in total. The number of carbonyl (C=O) groups excluding carboxylic acids is 1. The highest BCUT2D eigenvalue weighted by atomic mass is 35.5. The van der Waals surface area contributed by atoms with E-state index >= 15 is 0 Å². The summed E-state index contributed by atoms with van der Waals surface area (Å²) >= 11 is 5.67. The predicted molar refractivity (Wildman–Crippen MR) is 77.6 cm³/mol. The van der Waals surface area contributed by atoms with Gasteiger partial charge < -0.3 is 10.5 Å². The molecule has 0 unspecified atom stereocenters. The van der Waals surface area contributed by atoms with Gasteiger partial charge in [0, 0.05) is 6.54 Å². The third kappa shape index (κ3) is 3.16. The van der Waals surface area contributed by atoms with E-state index in [1.54, 1.807) is 6.92 Å². The number of nitrogens with two attached hydrogens (primary N) is 1. The van der Waals surface area contributed by atoms with Crippen LogP contribution in [0.25, 0.3) is 0 Å². The zero-order chi connectivity index (χ0) is 15.6. The Morgan fingerprint density at radius 1 is 1.52 bits per heavy atom. The number of esters is 1. The maximum absolute atomic E-state index is 13.0. The molecule has 0 spiro atoms. The summed E-state index contributed by atoms with van der Waals surface area (Å²) in [5.41, 5.74) is 7.54. The standard InChI is InChI=1S/C14H15ClFN3O2/c1-3-19-13(12(17)8(2)18-19)14(20)21-7-9-4-5-11(16)10(15)6-9/h4-6H,3,7,17H2,1-2H3. The summed E-state index contributed by atoms with van der Waals surface area (Å²) in [6.45, 7) is 4.05. The van der Waals surface area contributed by atoms with Crippen molar-refractivity contribution < 1.29 is 13.9 Å². The smallest absolute Gasteiger partial charge is 0.359 e. The fourth-order valence-corrected chi connectivity index (χ4v) is 2.09. The second-order valence-electron chi connectivity index (χ2n) is 4.49. The van der Waals surface area contributed by atoms with Gasteiger partial charge in [0.1, 0.15) is 12.4 Å². The third-order valence-corrected chi connectivity index (χ3v) is 3.31. The zero-order valence-electron chi connectivity index (χ0n) is 11.7. The van der Waals surface area contributed by atoms with Gasteiger partial charge in [0.05, 0.1) is 16.4 Å². The lowest BCUT2D eigenvalue weighted by Gasteiger charge is -2.07. The zero-order valence-corrected chi connectivity index (χ0v) is 12.4. The van der Waals surface area contributed by atoms with Crippen LogP contribution in [0.1, 0.15) is 28.7 Å². The van der Waals surface area contributed by atoms with E-state index < -0.39 is 11.8 Å². The Morgan fingerprint density at radius 2 is 2.24 bits per heavy atom. The van der Waals surface area contributed by atoms with Crippen molar-refractivity contribution in [3.63, 3.8) is 0 Å². The van der Waals surface area contributed by atoms with Crippen LogP contribution in [0, 0.1) is 12.7 Å². The second-order valence-corrected chi connectivity index (χ2v) is 4.90. The average molecular weight is 312 g/mol. The van der Waals surface area contributed by atoms with Gasteiger partial charge in [-0.2, -0.15) is 5.10 Å². The monoisotopic (exact) mass is 311 g/mol. The number of rotatable bonds is 4. The first-order chi connectivity index (χ1) is 9.93. The Labute approximate surface area is 126 Å². The van der Waals surface area contributed by atoms with Crippen molar-refractivity contribution in [2.45, 2.75) is 27.0 Å². The molecule has 1 aromatic carbocycles. The van der Waals surface area contributed by atoms with Gasteiger partial charge in [0.25, 0.3) is 0 Å². The molecule has 0 aliphatic heterocycles. The van der Waals surface area contributed by atoms with E-state index in [1.165, 1.54) is 22.9 Å². The minimum atomic E-state index is -0.574. The lowest BCUT2D eigenvalue weighted by molar-refractivity contribution is 0.0459. The van der Waals surface area contributed by atoms with Crippen LogP contribution in [0.3, 0.4) is 0 Å². The van der Waals surface area contributed by atoms with Gasteiger partial charge in [0.2, 0.25) is 0 Å². The van der Waals surface area contributed by atoms with Crippen molar-refractivity contribution in [1.82, 2.24) is 9.78 Å². The Bertz CT molecular complexity index is 685. The first-order valence-electron chi connectivity index (χ1n) is 6.38. The van der Waals surface area contributed by atoms with Gasteiger partial charge in [-0.1, -0.05) is 17.7 Å². The fraction of sp³-hybridized carbons (Fsp3) is 0.286. The van der Waals surface area contributed by atoms with Crippen molar-refractivity contribution in [2.75, 3.05) is 5.73 Å². The van der Waals surface area contributed by atoms with Gasteiger partial charge in [0.15, 0.2) is 5.69 Å². The summed E-state index contributed by atoms with van der Waals surface area (Å²) in [5, 5.41) is 4.13. The van der Waals surface area contributed by atoms with Crippen LogP contribution >= 0.6 is 11.6 Å². The van der Waals surface area contributed by atoms with E-state index in [0.717, 1.165) is 0 Å². The molecule has 0 amide bonds. The molecule has 2 rings (SSSR count). The van der Waals surface area contributed by atoms with E-state index in [9.17, 15) is 9.18 Å². The van der Waals surface area contributed by atoms with Gasteiger partial charge >= 0.3 is 5.97 Å². The van der Waals surface area contributed by atoms with Crippen LogP contribution in [-0.2, 0) is 17.9 Å². The molecule has 0 atom stereocenters. The SMILES string of the molecule is CCn1nc(C)c(N)c1C(=O)OCc1ccc(F)c(Cl)c1. The summed E-state index contributed by atoms with van der Waals surface area (Å²) in [7, 11) is 0. The number of aryl methyl sites for hydroxylation is 2. The van der Waals surface area contributed by atoms with Crippen molar-refractivity contribution >= 4 is 23.3 Å². The van der Waals surface area contributed by atoms with Crippen molar-refractivity contribution in [1.29, 1.82) is 0 Å². The number of ether oxygens (including phenoxy) is 1. The molecule has 0 radical (unpaired) electrons. The quantitative estimate of drug-likeness (QED) is 0.881. The molecule has 0 bridgehead atoms. The molecule has 7 heteroatoms. The maximum atomic E-state index is 13.0. The van der Waals surface area contributed by atoms with Gasteiger partial charge in [-0.15, -0.1) is 0 Å². The molecule has 1 aromatic heterocycles. The van der Waals surface area contributed by atoms with E-state index in [1.807, 2.05) is 6.92 Å². The topological polar surface area (TPSA) is 70.1 Å². The largest absolute Gasteiger partial charge is 0.456 e. The summed E-state index contributed by atoms with van der Waals surface area (Å²) in [5.74, 6) is -1.09. The van der Waals surface area contributed by atoms with Crippen LogP contribution < -0.4 is 5.73 Å². The summed E-state index contributed by atoms with van der Waals surface area (Å²) in [6.07, 6.45) is 0. The molecule has 112 valence electrons. The van der Waals surface area contributed by atoms with Crippen LogP contribution in [0.4, 0.5) is 10.1 Å². The molecular formula is C14H15ClFN3O2. The molecule has 21 heavy (non-hydrogen) atoms. The molecule has 0 aliphatic rings. The molecular weight excluding hydrogens is 297 g/mol. The van der Waals surface area contributed by atoms with Crippen molar-refractivity contribution in [3.05, 3.63) is 46.0 Å². The van der Waals surface area contributed by atoms with Gasteiger partial charge in [-0.3, -0.25) is 4.68 Å². The molecule has 0 fully saturated rings. The number of halogens is 2. The van der Waals surface area contributed by atoms with Crippen molar-refractivity contribution in [2.24, 2.45) is 0 Å². The summed E-state index contributed by atoms with van der Waals surface area (Å²) < 4.78 is 19.7. The number of nitrogen functional groups attached to an aromatic ring is 1.